The van der Waals surface area contributed by atoms with E-state index in [1.54, 1.807) is 0 Å². The lowest BCUT2D eigenvalue weighted by atomic mass is 9.95. The van der Waals surface area contributed by atoms with Crippen LogP contribution in [0.3, 0.4) is 0 Å². The molecule has 1 fully saturated rings. The molecule has 3 aromatic rings. The number of hydrogen-bond acceptors (Lipinski definition) is 5. The summed E-state index contributed by atoms with van der Waals surface area (Å²) >= 11 is 0. The Morgan fingerprint density at radius 1 is 1.13 bits per heavy atom. The van der Waals surface area contributed by atoms with E-state index in [1.165, 1.54) is 16.7 Å². The third kappa shape index (κ3) is 4.94. The lowest BCUT2D eigenvalue weighted by molar-refractivity contribution is -0.126. The zero-order chi connectivity index (χ0) is 20.9. The SMILES string of the molecule is Cc1cccc(-c2noc(CN3CCC(C(=O)NCc4ccccc4C)CC3)n2)c1. The fraction of sp³-hybridized carbons (Fsp3) is 0.375. The van der Waals surface area contributed by atoms with Crippen LogP contribution in [0.1, 0.15) is 35.4 Å². The summed E-state index contributed by atoms with van der Waals surface area (Å²) in [6.07, 6.45) is 1.69. The van der Waals surface area contributed by atoms with E-state index in [9.17, 15) is 4.79 Å². The van der Waals surface area contributed by atoms with E-state index in [0.29, 0.717) is 24.8 Å². The highest BCUT2D eigenvalue weighted by atomic mass is 16.5. The average molecular weight is 405 g/mol. The van der Waals surface area contributed by atoms with Gasteiger partial charge in [-0.3, -0.25) is 9.69 Å². The van der Waals surface area contributed by atoms with Gasteiger partial charge in [0.2, 0.25) is 17.6 Å². The number of piperidine rings is 1. The molecule has 1 amide bonds. The van der Waals surface area contributed by atoms with Crippen LogP contribution in [0, 0.1) is 19.8 Å². The van der Waals surface area contributed by atoms with Crippen molar-refractivity contribution in [3.05, 3.63) is 71.1 Å². The summed E-state index contributed by atoms with van der Waals surface area (Å²) < 4.78 is 5.45. The van der Waals surface area contributed by atoms with Crippen LogP contribution in [0.5, 0.6) is 0 Å². The molecule has 2 heterocycles. The second kappa shape index (κ2) is 9.22. The normalized spacial score (nSPS) is 15.3. The van der Waals surface area contributed by atoms with Crippen LogP contribution in [0.25, 0.3) is 11.4 Å². The molecule has 1 aliphatic rings. The van der Waals surface area contributed by atoms with Crippen molar-refractivity contribution in [3.8, 4) is 11.4 Å². The van der Waals surface area contributed by atoms with Crippen molar-refractivity contribution in [1.82, 2.24) is 20.4 Å². The Hall–Kier alpha value is -2.99. The molecule has 30 heavy (non-hydrogen) atoms. The van der Waals surface area contributed by atoms with Gasteiger partial charge < -0.3 is 9.84 Å². The first-order valence-electron chi connectivity index (χ1n) is 10.5. The number of nitrogens with zero attached hydrogens (tertiary/aromatic N) is 3. The minimum atomic E-state index is 0.0656. The summed E-state index contributed by atoms with van der Waals surface area (Å²) in [7, 11) is 0. The number of hydrogen-bond donors (Lipinski definition) is 1. The van der Waals surface area contributed by atoms with E-state index < -0.39 is 0 Å². The van der Waals surface area contributed by atoms with Crippen molar-refractivity contribution in [2.75, 3.05) is 13.1 Å². The van der Waals surface area contributed by atoms with E-state index in [2.05, 4.69) is 45.5 Å². The number of nitrogens with one attached hydrogen (secondary N) is 1. The van der Waals surface area contributed by atoms with Gasteiger partial charge in [-0.05, 0) is 57.0 Å². The highest BCUT2D eigenvalue weighted by Gasteiger charge is 2.26. The number of carbonyl (C=O) groups is 1. The summed E-state index contributed by atoms with van der Waals surface area (Å²) in [6, 6.07) is 16.2. The molecule has 0 saturated carbocycles. The van der Waals surface area contributed by atoms with Gasteiger partial charge in [0.25, 0.3) is 0 Å². The molecule has 2 aromatic carbocycles. The first-order valence-corrected chi connectivity index (χ1v) is 10.5. The van der Waals surface area contributed by atoms with Crippen LogP contribution in [0.2, 0.25) is 0 Å². The second-order valence-electron chi connectivity index (χ2n) is 8.08. The van der Waals surface area contributed by atoms with Gasteiger partial charge in [0, 0.05) is 18.0 Å². The lowest BCUT2D eigenvalue weighted by Gasteiger charge is -2.30. The molecule has 0 spiro atoms. The first-order chi connectivity index (χ1) is 14.6. The van der Waals surface area contributed by atoms with E-state index in [1.807, 2.05) is 37.3 Å². The first kappa shape index (κ1) is 20.3. The number of benzene rings is 2. The van der Waals surface area contributed by atoms with Gasteiger partial charge in [-0.1, -0.05) is 53.2 Å². The number of aryl methyl sites for hydroxylation is 2. The van der Waals surface area contributed by atoms with Crippen LogP contribution >= 0.6 is 0 Å². The molecule has 4 rings (SSSR count). The third-order valence-corrected chi connectivity index (χ3v) is 5.78. The molecule has 6 nitrogen and oxygen atoms in total. The quantitative estimate of drug-likeness (QED) is 0.675. The molecule has 1 N–H and O–H groups in total. The van der Waals surface area contributed by atoms with E-state index in [4.69, 9.17) is 4.52 Å². The smallest absolute Gasteiger partial charge is 0.241 e. The second-order valence-corrected chi connectivity index (χ2v) is 8.08. The number of carbonyl (C=O) groups excluding carboxylic acids is 1. The largest absolute Gasteiger partial charge is 0.352 e. The topological polar surface area (TPSA) is 71.3 Å². The van der Waals surface area contributed by atoms with Crippen molar-refractivity contribution in [1.29, 1.82) is 0 Å². The predicted octanol–water partition coefficient (Wildman–Crippen LogP) is 3.88. The van der Waals surface area contributed by atoms with Crippen molar-refractivity contribution in [3.63, 3.8) is 0 Å². The maximum atomic E-state index is 12.6. The van der Waals surface area contributed by atoms with E-state index in [0.717, 1.165) is 31.5 Å². The molecule has 0 bridgehead atoms. The highest BCUT2D eigenvalue weighted by Crippen LogP contribution is 2.21. The molecule has 156 valence electrons. The Kier molecular flexibility index (Phi) is 6.23. The molecule has 0 aliphatic carbocycles. The average Bonchev–Trinajstić information content (AvgIpc) is 3.22. The molecular formula is C24H28N4O2. The Morgan fingerprint density at radius 2 is 1.93 bits per heavy atom. The van der Waals surface area contributed by atoms with Gasteiger partial charge in [-0.15, -0.1) is 0 Å². The summed E-state index contributed by atoms with van der Waals surface area (Å²) in [4.78, 5) is 19.4. The Balaban J connectivity index is 1.26. The standard InChI is InChI=1S/C24H28N4O2/c1-17-6-5-9-20(14-17)23-26-22(30-27-23)16-28-12-10-19(11-13-28)24(29)25-15-21-8-4-3-7-18(21)2/h3-9,14,19H,10-13,15-16H2,1-2H3,(H,25,29). The van der Waals surface area contributed by atoms with Gasteiger partial charge >= 0.3 is 0 Å². The van der Waals surface area contributed by atoms with Crippen molar-refractivity contribution < 1.29 is 9.32 Å². The number of aromatic nitrogens is 2. The molecule has 6 heteroatoms. The van der Waals surface area contributed by atoms with E-state index in [-0.39, 0.29) is 11.8 Å². The summed E-state index contributed by atoms with van der Waals surface area (Å²) in [6.45, 7) is 7.04. The van der Waals surface area contributed by atoms with Crippen molar-refractivity contribution in [2.45, 2.75) is 39.8 Å². The Morgan fingerprint density at radius 3 is 2.70 bits per heavy atom. The maximum Gasteiger partial charge on any atom is 0.241 e. The summed E-state index contributed by atoms with van der Waals surface area (Å²) in [5, 5.41) is 7.22. The minimum absolute atomic E-state index is 0.0656. The van der Waals surface area contributed by atoms with Crippen LogP contribution < -0.4 is 5.32 Å². The van der Waals surface area contributed by atoms with Crippen LogP contribution in [0.15, 0.2) is 53.1 Å². The van der Waals surface area contributed by atoms with Gasteiger partial charge in [0.05, 0.1) is 6.54 Å². The molecule has 0 radical (unpaired) electrons. The van der Waals surface area contributed by atoms with Gasteiger partial charge in [-0.2, -0.15) is 4.98 Å². The fourth-order valence-electron chi connectivity index (χ4n) is 3.90. The van der Waals surface area contributed by atoms with Crippen LogP contribution in [-0.4, -0.2) is 34.0 Å². The maximum absolute atomic E-state index is 12.6. The predicted molar refractivity (Wildman–Crippen MR) is 115 cm³/mol. The molecule has 0 atom stereocenters. The van der Waals surface area contributed by atoms with Gasteiger partial charge in [0.15, 0.2) is 0 Å². The molecular weight excluding hydrogens is 376 g/mol. The fourth-order valence-corrected chi connectivity index (χ4v) is 3.90. The van der Waals surface area contributed by atoms with Crippen LogP contribution in [-0.2, 0) is 17.9 Å². The lowest BCUT2D eigenvalue weighted by Crippen LogP contribution is -2.40. The number of rotatable bonds is 6. The molecule has 0 unspecified atom stereocenters. The third-order valence-electron chi connectivity index (χ3n) is 5.78. The monoisotopic (exact) mass is 404 g/mol. The number of amides is 1. The Labute approximate surface area is 177 Å². The van der Waals surface area contributed by atoms with Gasteiger partial charge in [0.1, 0.15) is 0 Å². The van der Waals surface area contributed by atoms with Crippen molar-refractivity contribution in [2.24, 2.45) is 5.92 Å². The van der Waals surface area contributed by atoms with E-state index >= 15 is 0 Å². The van der Waals surface area contributed by atoms with Crippen molar-refractivity contribution >= 4 is 5.91 Å². The number of likely N-dealkylation sites (tertiary alicyclic amines) is 1. The summed E-state index contributed by atoms with van der Waals surface area (Å²) in [5.41, 5.74) is 4.51. The minimum Gasteiger partial charge on any atom is -0.352 e. The molecule has 1 aromatic heterocycles. The van der Waals surface area contributed by atoms with Gasteiger partial charge in [-0.25, -0.2) is 0 Å². The zero-order valence-corrected chi connectivity index (χ0v) is 17.6. The Bertz CT molecular complexity index is 1010. The highest BCUT2D eigenvalue weighted by molar-refractivity contribution is 5.78. The molecule has 1 saturated heterocycles. The summed E-state index contributed by atoms with van der Waals surface area (Å²) in [5.74, 6) is 1.46. The zero-order valence-electron chi connectivity index (χ0n) is 17.6. The molecule has 1 aliphatic heterocycles. The van der Waals surface area contributed by atoms with Crippen LogP contribution in [0.4, 0.5) is 0 Å².